The Kier molecular flexibility index (Phi) is 6.75. The largest absolute Gasteiger partial charge is 0.310 e. The third-order valence-electron chi connectivity index (χ3n) is 10.0. The summed E-state index contributed by atoms with van der Waals surface area (Å²) in [4.78, 5) is 2.44. The lowest BCUT2D eigenvalue weighted by Crippen LogP contribution is -2.11. The number of benzene rings is 9. The molecule has 0 aliphatic rings. The smallest absolute Gasteiger partial charge is 0.0546 e. The minimum Gasteiger partial charge on any atom is -0.310 e. The monoisotopic (exact) mass is 653 g/mol. The maximum Gasteiger partial charge on any atom is 0.0546 e. The molecule has 0 N–H and O–H groups in total. The summed E-state index contributed by atoms with van der Waals surface area (Å²) in [5, 5.41) is 10.1. The van der Waals surface area contributed by atoms with E-state index in [2.05, 4.69) is 193 Å². The highest BCUT2D eigenvalue weighted by Gasteiger charge is 2.19. The van der Waals surface area contributed by atoms with Crippen LogP contribution >= 0.6 is 11.3 Å². The van der Waals surface area contributed by atoms with Gasteiger partial charge in [-0.3, -0.25) is 0 Å². The van der Waals surface area contributed by atoms with Gasteiger partial charge in [0.1, 0.15) is 0 Å². The standard InChI is InChI=1S/C48H31NS/c1-3-17-38-32(12-1)14-10-22-39(38)34-15-9-16-37(30-34)49(46-31-35-13-2-4-18-40(35)42-19-5-6-20-43(42)46)36-28-26-33(27-29-36)41-23-11-24-45-44-21-7-8-25-47(44)50-48(41)45/h1-31H. The number of hydrogen-bond donors (Lipinski definition) is 0. The molecule has 9 aromatic carbocycles. The fourth-order valence-electron chi connectivity index (χ4n) is 7.70. The maximum atomic E-state index is 2.44. The molecule has 0 saturated carbocycles. The van der Waals surface area contributed by atoms with E-state index in [0.29, 0.717) is 0 Å². The predicted molar refractivity (Wildman–Crippen MR) is 217 cm³/mol. The molecule has 234 valence electrons. The quantitative estimate of drug-likeness (QED) is 0.167. The molecule has 10 rings (SSSR count). The Labute approximate surface area is 294 Å². The molecular weight excluding hydrogens is 623 g/mol. The van der Waals surface area contributed by atoms with Gasteiger partial charge in [0, 0.05) is 36.9 Å². The van der Waals surface area contributed by atoms with Crippen LogP contribution in [0.4, 0.5) is 17.1 Å². The van der Waals surface area contributed by atoms with Gasteiger partial charge in [-0.15, -0.1) is 11.3 Å². The highest BCUT2D eigenvalue weighted by atomic mass is 32.1. The number of thiophene rings is 1. The fraction of sp³-hybridized carbons (Fsp3) is 0. The van der Waals surface area contributed by atoms with Crippen LogP contribution in [0.15, 0.2) is 188 Å². The molecule has 10 aromatic rings. The first-order valence-electron chi connectivity index (χ1n) is 17.1. The van der Waals surface area contributed by atoms with Gasteiger partial charge in [0.15, 0.2) is 0 Å². The van der Waals surface area contributed by atoms with Gasteiger partial charge in [0.05, 0.1) is 5.69 Å². The molecule has 2 heteroatoms. The normalized spacial score (nSPS) is 11.6. The molecule has 0 bridgehead atoms. The van der Waals surface area contributed by atoms with Crippen LogP contribution < -0.4 is 4.90 Å². The zero-order chi connectivity index (χ0) is 33.0. The molecule has 1 nitrogen and oxygen atoms in total. The molecule has 0 amide bonds. The first-order chi connectivity index (χ1) is 24.8. The highest BCUT2D eigenvalue weighted by molar-refractivity contribution is 7.26. The van der Waals surface area contributed by atoms with Crippen molar-refractivity contribution in [2.24, 2.45) is 0 Å². The lowest BCUT2D eigenvalue weighted by molar-refractivity contribution is 1.30. The Balaban J connectivity index is 1.18. The van der Waals surface area contributed by atoms with Crippen molar-refractivity contribution in [3.05, 3.63) is 188 Å². The van der Waals surface area contributed by atoms with Crippen molar-refractivity contribution in [1.29, 1.82) is 0 Å². The average molecular weight is 654 g/mol. The van der Waals surface area contributed by atoms with E-state index in [1.54, 1.807) is 0 Å². The average Bonchev–Trinajstić information content (AvgIpc) is 3.57. The van der Waals surface area contributed by atoms with Gasteiger partial charge in [0.25, 0.3) is 0 Å². The summed E-state index contributed by atoms with van der Waals surface area (Å²) in [5.41, 5.74) is 8.33. The van der Waals surface area contributed by atoms with Crippen molar-refractivity contribution < 1.29 is 0 Å². The summed E-state index contributed by atoms with van der Waals surface area (Å²) >= 11 is 1.88. The van der Waals surface area contributed by atoms with Crippen LogP contribution in [-0.4, -0.2) is 0 Å². The third kappa shape index (κ3) is 4.69. The van der Waals surface area contributed by atoms with Crippen molar-refractivity contribution in [3.8, 4) is 22.3 Å². The zero-order valence-electron chi connectivity index (χ0n) is 27.3. The van der Waals surface area contributed by atoms with E-state index in [1.807, 2.05) is 11.3 Å². The summed E-state index contributed by atoms with van der Waals surface area (Å²) in [6, 6.07) is 68.7. The lowest BCUT2D eigenvalue weighted by atomic mass is 9.96. The molecule has 0 aliphatic heterocycles. The van der Waals surface area contributed by atoms with E-state index in [9.17, 15) is 0 Å². The van der Waals surface area contributed by atoms with Crippen LogP contribution in [0.25, 0.3) is 74.7 Å². The summed E-state index contributed by atoms with van der Waals surface area (Å²) in [5.74, 6) is 0. The molecule has 1 heterocycles. The molecule has 0 atom stereocenters. The van der Waals surface area contributed by atoms with Crippen LogP contribution in [0.3, 0.4) is 0 Å². The molecule has 0 radical (unpaired) electrons. The van der Waals surface area contributed by atoms with E-state index in [-0.39, 0.29) is 0 Å². The van der Waals surface area contributed by atoms with Crippen LogP contribution in [0.2, 0.25) is 0 Å². The van der Waals surface area contributed by atoms with Crippen LogP contribution in [0.5, 0.6) is 0 Å². The van der Waals surface area contributed by atoms with Crippen molar-refractivity contribution in [1.82, 2.24) is 0 Å². The van der Waals surface area contributed by atoms with Gasteiger partial charge in [-0.2, -0.15) is 0 Å². The summed E-state index contributed by atoms with van der Waals surface area (Å²) in [7, 11) is 0. The van der Waals surface area contributed by atoms with Crippen LogP contribution in [-0.2, 0) is 0 Å². The Morgan fingerprint density at radius 2 is 0.960 bits per heavy atom. The van der Waals surface area contributed by atoms with Crippen molar-refractivity contribution in [2.75, 3.05) is 4.90 Å². The molecular formula is C48H31NS. The van der Waals surface area contributed by atoms with Gasteiger partial charge < -0.3 is 4.90 Å². The molecule has 0 saturated heterocycles. The number of anilines is 3. The topological polar surface area (TPSA) is 3.24 Å². The molecule has 1 aromatic heterocycles. The number of fused-ring (bicyclic) bond motifs is 7. The fourth-order valence-corrected chi connectivity index (χ4v) is 8.94. The number of rotatable bonds is 5. The van der Waals surface area contributed by atoms with Crippen molar-refractivity contribution in [2.45, 2.75) is 0 Å². The van der Waals surface area contributed by atoms with Crippen LogP contribution in [0.1, 0.15) is 0 Å². The highest BCUT2D eigenvalue weighted by Crippen LogP contribution is 2.45. The van der Waals surface area contributed by atoms with Crippen molar-refractivity contribution in [3.63, 3.8) is 0 Å². The van der Waals surface area contributed by atoms with Gasteiger partial charge in [0.2, 0.25) is 0 Å². The summed E-state index contributed by atoms with van der Waals surface area (Å²) in [6.07, 6.45) is 0. The van der Waals surface area contributed by atoms with Gasteiger partial charge in [-0.25, -0.2) is 0 Å². The van der Waals surface area contributed by atoms with Crippen molar-refractivity contribution >= 4 is 80.9 Å². The van der Waals surface area contributed by atoms with Crippen LogP contribution in [0, 0.1) is 0 Å². The van der Waals surface area contributed by atoms with E-state index in [1.165, 1.54) is 74.7 Å². The molecule has 50 heavy (non-hydrogen) atoms. The molecule has 0 unspecified atom stereocenters. The Hall–Kier alpha value is -6.22. The van der Waals surface area contributed by atoms with E-state index in [4.69, 9.17) is 0 Å². The number of nitrogens with zero attached hydrogens (tertiary/aromatic N) is 1. The van der Waals surface area contributed by atoms with Gasteiger partial charge in [-0.1, -0.05) is 152 Å². The van der Waals surface area contributed by atoms with E-state index >= 15 is 0 Å². The van der Waals surface area contributed by atoms with Gasteiger partial charge >= 0.3 is 0 Å². The molecule has 0 aliphatic carbocycles. The number of hydrogen-bond acceptors (Lipinski definition) is 2. The minimum absolute atomic E-state index is 1.12. The summed E-state index contributed by atoms with van der Waals surface area (Å²) in [6.45, 7) is 0. The lowest BCUT2D eigenvalue weighted by Gasteiger charge is -2.28. The first kappa shape index (κ1) is 28.8. The van der Waals surface area contributed by atoms with E-state index < -0.39 is 0 Å². The summed E-state index contributed by atoms with van der Waals surface area (Å²) < 4.78 is 2.66. The predicted octanol–water partition coefficient (Wildman–Crippen LogP) is 14.3. The van der Waals surface area contributed by atoms with E-state index in [0.717, 1.165) is 17.1 Å². The Morgan fingerprint density at radius 3 is 1.82 bits per heavy atom. The third-order valence-corrected chi connectivity index (χ3v) is 11.3. The molecule has 0 fully saturated rings. The molecule has 0 spiro atoms. The maximum absolute atomic E-state index is 2.44. The second kappa shape index (κ2) is 11.7. The second-order valence-electron chi connectivity index (χ2n) is 12.9. The van der Waals surface area contributed by atoms with Gasteiger partial charge in [-0.05, 0) is 85.6 Å². The first-order valence-corrected chi connectivity index (χ1v) is 17.9. The minimum atomic E-state index is 1.12. The SMILES string of the molecule is c1cc(-c2cccc3ccccc23)cc(N(c2ccc(-c3cccc4c3sc3ccccc34)cc2)c2cc3ccccc3c3ccccc23)c1. The Morgan fingerprint density at radius 1 is 0.340 bits per heavy atom. The second-order valence-corrected chi connectivity index (χ2v) is 14.0. The zero-order valence-corrected chi connectivity index (χ0v) is 28.1. The Bertz CT molecular complexity index is 2870.